The van der Waals surface area contributed by atoms with E-state index in [1.165, 1.54) is 0 Å². The lowest BCUT2D eigenvalue weighted by atomic mass is 10.2. The first kappa shape index (κ1) is 14.9. The normalized spacial score (nSPS) is 10.9. The summed E-state index contributed by atoms with van der Waals surface area (Å²) < 4.78 is 24.5. The molecule has 5 heteroatoms. The standard InChI is InChI=1S/C13H21FN2O2/c1-4-15-9-11-5-6-16-13(12(11)14)18-8-7-17-10(2)3/h5-6,10,15H,4,7-9H2,1-3H3. The third-order valence-corrected chi connectivity index (χ3v) is 2.28. The molecule has 1 aromatic heterocycles. The number of aromatic nitrogens is 1. The molecule has 0 atom stereocenters. The van der Waals surface area contributed by atoms with E-state index in [1.54, 1.807) is 12.3 Å². The van der Waals surface area contributed by atoms with E-state index < -0.39 is 5.82 Å². The fourth-order valence-corrected chi connectivity index (χ4v) is 1.38. The van der Waals surface area contributed by atoms with Gasteiger partial charge in [0.25, 0.3) is 5.88 Å². The van der Waals surface area contributed by atoms with Gasteiger partial charge in [0, 0.05) is 18.3 Å². The third kappa shape index (κ3) is 4.98. The van der Waals surface area contributed by atoms with Crippen molar-refractivity contribution in [2.24, 2.45) is 0 Å². The molecule has 0 radical (unpaired) electrons. The Morgan fingerprint density at radius 1 is 1.39 bits per heavy atom. The van der Waals surface area contributed by atoms with Gasteiger partial charge in [0.15, 0.2) is 5.82 Å². The highest BCUT2D eigenvalue weighted by molar-refractivity contribution is 5.23. The molecule has 0 aromatic carbocycles. The van der Waals surface area contributed by atoms with E-state index in [0.29, 0.717) is 25.3 Å². The lowest BCUT2D eigenvalue weighted by molar-refractivity contribution is 0.0532. The Balaban J connectivity index is 2.49. The van der Waals surface area contributed by atoms with Gasteiger partial charge in [-0.15, -0.1) is 0 Å². The van der Waals surface area contributed by atoms with Crippen molar-refractivity contribution >= 4 is 0 Å². The molecule has 0 saturated carbocycles. The maximum Gasteiger partial charge on any atom is 0.250 e. The first-order valence-electron chi connectivity index (χ1n) is 6.23. The van der Waals surface area contributed by atoms with Gasteiger partial charge in [-0.1, -0.05) is 6.92 Å². The molecule has 4 nitrogen and oxygen atoms in total. The van der Waals surface area contributed by atoms with E-state index in [1.807, 2.05) is 20.8 Å². The molecule has 0 bridgehead atoms. The van der Waals surface area contributed by atoms with Crippen LogP contribution in [-0.2, 0) is 11.3 Å². The van der Waals surface area contributed by atoms with Crippen LogP contribution in [0.5, 0.6) is 5.88 Å². The van der Waals surface area contributed by atoms with Gasteiger partial charge in [-0.2, -0.15) is 0 Å². The van der Waals surface area contributed by atoms with E-state index in [4.69, 9.17) is 9.47 Å². The molecule has 0 saturated heterocycles. The largest absolute Gasteiger partial charge is 0.473 e. The smallest absolute Gasteiger partial charge is 0.250 e. The Morgan fingerprint density at radius 2 is 2.17 bits per heavy atom. The molecular weight excluding hydrogens is 235 g/mol. The molecular formula is C13H21FN2O2. The summed E-state index contributed by atoms with van der Waals surface area (Å²) in [5.74, 6) is -0.360. The Hall–Kier alpha value is -1.20. The maximum atomic E-state index is 13.9. The summed E-state index contributed by atoms with van der Waals surface area (Å²) in [5.41, 5.74) is 0.562. The summed E-state index contributed by atoms with van der Waals surface area (Å²) in [6, 6.07) is 1.65. The molecule has 0 aliphatic rings. The van der Waals surface area contributed by atoms with Crippen molar-refractivity contribution in [3.63, 3.8) is 0 Å². The molecule has 0 amide bonds. The van der Waals surface area contributed by atoms with Crippen molar-refractivity contribution in [3.05, 3.63) is 23.6 Å². The average Bonchev–Trinajstić information content (AvgIpc) is 2.34. The second-order valence-electron chi connectivity index (χ2n) is 4.14. The van der Waals surface area contributed by atoms with E-state index in [2.05, 4.69) is 10.3 Å². The van der Waals surface area contributed by atoms with Crippen LogP contribution in [-0.4, -0.2) is 30.8 Å². The third-order valence-electron chi connectivity index (χ3n) is 2.28. The van der Waals surface area contributed by atoms with Crippen LogP contribution in [0, 0.1) is 5.82 Å². The van der Waals surface area contributed by atoms with Gasteiger partial charge in [-0.3, -0.25) is 0 Å². The fourth-order valence-electron chi connectivity index (χ4n) is 1.38. The Labute approximate surface area is 108 Å². The van der Waals surface area contributed by atoms with E-state index in [0.717, 1.165) is 6.54 Å². The lowest BCUT2D eigenvalue weighted by Gasteiger charge is -2.10. The lowest BCUT2D eigenvalue weighted by Crippen LogP contribution is -2.15. The highest BCUT2D eigenvalue weighted by Gasteiger charge is 2.10. The van der Waals surface area contributed by atoms with Crippen LogP contribution >= 0.6 is 0 Å². The molecule has 0 fully saturated rings. The van der Waals surface area contributed by atoms with E-state index in [-0.39, 0.29) is 12.0 Å². The van der Waals surface area contributed by atoms with Crippen molar-refractivity contribution in [2.45, 2.75) is 33.4 Å². The number of ether oxygens (including phenoxy) is 2. The van der Waals surface area contributed by atoms with Crippen LogP contribution in [0.3, 0.4) is 0 Å². The highest BCUT2D eigenvalue weighted by atomic mass is 19.1. The van der Waals surface area contributed by atoms with Crippen LogP contribution < -0.4 is 10.1 Å². The van der Waals surface area contributed by atoms with Crippen LogP contribution in [0.4, 0.5) is 4.39 Å². The van der Waals surface area contributed by atoms with Crippen molar-refractivity contribution in [1.29, 1.82) is 0 Å². The Kier molecular flexibility index (Phi) is 6.60. The minimum atomic E-state index is -0.400. The number of hydrogen-bond acceptors (Lipinski definition) is 4. The van der Waals surface area contributed by atoms with Crippen molar-refractivity contribution < 1.29 is 13.9 Å². The number of halogens is 1. The number of nitrogens with zero attached hydrogens (tertiary/aromatic N) is 1. The molecule has 0 aliphatic carbocycles. The van der Waals surface area contributed by atoms with Gasteiger partial charge >= 0.3 is 0 Å². The zero-order valence-corrected chi connectivity index (χ0v) is 11.2. The maximum absolute atomic E-state index is 13.9. The molecule has 18 heavy (non-hydrogen) atoms. The topological polar surface area (TPSA) is 43.4 Å². The molecule has 1 heterocycles. The van der Waals surface area contributed by atoms with Gasteiger partial charge < -0.3 is 14.8 Å². The Bertz CT molecular complexity index is 359. The van der Waals surface area contributed by atoms with Gasteiger partial charge in [-0.25, -0.2) is 9.37 Å². The van der Waals surface area contributed by atoms with Crippen molar-refractivity contribution in [2.75, 3.05) is 19.8 Å². The molecule has 1 rings (SSSR count). The quantitative estimate of drug-likeness (QED) is 0.724. The number of rotatable bonds is 8. The predicted molar refractivity (Wildman–Crippen MR) is 68.2 cm³/mol. The highest BCUT2D eigenvalue weighted by Crippen LogP contribution is 2.17. The summed E-state index contributed by atoms with van der Waals surface area (Å²) in [5, 5.41) is 3.07. The van der Waals surface area contributed by atoms with Crippen LogP contribution in [0.2, 0.25) is 0 Å². The van der Waals surface area contributed by atoms with Gasteiger partial charge in [0.05, 0.1) is 12.7 Å². The first-order chi connectivity index (χ1) is 8.65. The molecule has 1 aromatic rings. The van der Waals surface area contributed by atoms with Crippen molar-refractivity contribution in [3.8, 4) is 5.88 Å². The van der Waals surface area contributed by atoms with Gasteiger partial charge in [0.1, 0.15) is 6.61 Å². The summed E-state index contributed by atoms with van der Waals surface area (Å²) in [6.45, 7) is 7.85. The summed E-state index contributed by atoms with van der Waals surface area (Å²) in [7, 11) is 0. The number of pyridine rings is 1. The van der Waals surface area contributed by atoms with Gasteiger partial charge in [0.2, 0.25) is 0 Å². The molecule has 0 spiro atoms. The second kappa shape index (κ2) is 8.00. The second-order valence-corrected chi connectivity index (χ2v) is 4.14. The van der Waals surface area contributed by atoms with E-state index >= 15 is 0 Å². The number of hydrogen-bond donors (Lipinski definition) is 1. The summed E-state index contributed by atoms with van der Waals surface area (Å²) in [6.07, 6.45) is 1.69. The van der Waals surface area contributed by atoms with Crippen LogP contribution in [0.1, 0.15) is 26.3 Å². The zero-order chi connectivity index (χ0) is 13.4. The zero-order valence-electron chi connectivity index (χ0n) is 11.2. The van der Waals surface area contributed by atoms with Gasteiger partial charge in [-0.05, 0) is 26.5 Å². The fraction of sp³-hybridized carbons (Fsp3) is 0.615. The van der Waals surface area contributed by atoms with Crippen LogP contribution in [0.25, 0.3) is 0 Å². The average molecular weight is 256 g/mol. The Morgan fingerprint density at radius 3 is 2.83 bits per heavy atom. The minimum Gasteiger partial charge on any atom is -0.473 e. The first-order valence-corrected chi connectivity index (χ1v) is 6.23. The molecule has 102 valence electrons. The van der Waals surface area contributed by atoms with E-state index in [9.17, 15) is 4.39 Å². The summed E-state index contributed by atoms with van der Waals surface area (Å²) >= 11 is 0. The SMILES string of the molecule is CCNCc1ccnc(OCCOC(C)C)c1F. The minimum absolute atomic E-state index is 0.0396. The molecule has 0 aliphatic heterocycles. The number of nitrogens with one attached hydrogen (secondary N) is 1. The monoisotopic (exact) mass is 256 g/mol. The molecule has 1 N–H and O–H groups in total. The summed E-state index contributed by atoms with van der Waals surface area (Å²) in [4.78, 5) is 3.88. The predicted octanol–water partition coefficient (Wildman–Crippen LogP) is 2.13. The van der Waals surface area contributed by atoms with Crippen molar-refractivity contribution in [1.82, 2.24) is 10.3 Å². The van der Waals surface area contributed by atoms with Crippen LogP contribution in [0.15, 0.2) is 12.3 Å². The molecule has 0 unspecified atom stereocenters.